The van der Waals surface area contributed by atoms with E-state index in [0.717, 1.165) is 13.2 Å². The third-order valence-corrected chi connectivity index (χ3v) is 15.6. The van der Waals surface area contributed by atoms with Gasteiger partial charge in [-0.15, -0.1) is 0 Å². The number of rotatable bonds is 11. The topological polar surface area (TPSA) is 12.5 Å². The summed E-state index contributed by atoms with van der Waals surface area (Å²) in [7, 11) is 4.63. The molecule has 0 bridgehead atoms. The molecule has 0 unspecified atom stereocenters. The van der Waals surface area contributed by atoms with E-state index in [1.807, 2.05) is 0 Å². The Labute approximate surface area is 112 Å². The van der Waals surface area contributed by atoms with Crippen LogP contribution in [-0.2, 0) is 4.74 Å². The first kappa shape index (κ1) is 17.5. The Morgan fingerprint density at radius 3 is 1.76 bits per heavy atom. The van der Waals surface area contributed by atoms with Crippen molar-refractivity contribution in [3.8, 4) is 0 Å². The summed E-state index contributed by atoms with van der Waals surface area (Å²) in [5.41, 5.74) is 0. The minimum atomic E-state index is -1.81. The second kappa shape index (κ2) is 10.4. The molecule has 0 spiro atoms. The van der Waals surface area contributed by atoms with Crippen molar-refractivity contribution >= 4 is 13.5 Å². The van der Waals surface area contributed by atoms with Crippen LogP contribution in [-0.4, -0.2) is 44.7 Å². The molecule has 0 aromatic rings. The zero-order valence-corrected chi connectivity index (χ0v) is 14.8. The summed E-state index contributed by atoms with van der Waals surface area (Å²) in [6.45, 7) is 8.58. The van der Waals surface area contributed by atoms with Gasteiger partial charge in [0.2, 0.25) is 0 Å². The van der Waals surface area contributed by atoms with Gasteiger partial charge in [-0.25, -0.2) is 0 Å². The molecule has 0 heterocycles. The van der Waals surface area contributed by atoms with E-state index in [2.05, 4.69) is 38.7 Å². The summed E-state index contributed by atoms with van der Waals surface area (Å²) in [6.07, 6.45) is 5.49. The van der Waals surface area contributed by atoms with Gasteiger partial charge in [-0.2, -0.15) is 0 Å². The van der Waals surface area contributed by atoms with Gasteiger partial charge in [0.25, 0.3) is 0 Å². The summed E-state index contributed by atoms with van der Waals surface area (Å²) in [6, 6.07) is 0. The van der Waals surface area contributed by atoms with Gasteiger partial charge in [0.15, 0.2) is 0 Å². The molecule has 0 aliphatic carbocycles. The Hall–Kier alpha value is 0.463. The van der Waals surface area contributed by atoms with E-state index < -0.39 is 13.5 Å². The van der Waals surface area contributed by atoms with Gasteiger partial charge in [0, 0.05) is 0 Å². The fraction of sp³-hybridized carbons (Fsp3) is 1.00. The maximum absolute atomic E-state index is 5.62. The predicted octanol–water partition coefficient (Wildman–Crippen LogP) is 4.13. The molecule has 0 saturated heterocycles. The van der Waals surface area contributed by atoms with Gasteiger partial charge in [-0.3, -0.25) is 0 Å². The molecule has 0 saturated carbocycles. The van der Waals surface area contributed by atoms with E-state index in [0.29, 0.717) is 0 Å². The molecule has 0 N–H and O–H groups in total. The van der Waals surface area contributed by atoms with E-state index in [4.69, 9.17) is 4.74 Å². The first-order chi connectivity index (χ1) is 8.13. The Bertz CT molecular complexity index is 166. The fourth-order valence-electron chi connectivity index (χ4n) is 2.46. The summed E-state index contributed by atoms with van der Waals surface area (Å²) in [4.78, 5) is 0. The molecule has 104 valence electrons. The Balaban J connectivity index is 4.45. The van der Waals surface area contributed by atoms with Gasteiger partial charge < -0.3 is 0 Å². The van der Waals surface area contributed by atoms with E-state index in [1.165, 1.54) is 41.4 Å². The molecule has 0 radical (unpaired) electrons. The summed E-state index contributed by atoms with van der Waals surface area (Å²) < 4.78 is 8.25. The Morgan fingerprint density at radius 1 is 0.882 bits per heavy atom. The van der Waals surface area contributed by atoms with Crippen molar-refractivity contribution in [1.82, 2.24) is 3.86 Å². The minimum absolute atomic E-state index is 0.868. The first-order valence-electron chi connectivity index (χ1n) is 7.38. The molecular weight excluding hydrogens is 271 g/mol. The average Bonchev–Trinajstić information content (AvgIpc) is 2.32. The zero-order valence-electron chi connectivity index (χ0n) is 12.7. The number of hydrogen-bond acceptors (Lipinski definition) is 2. The molecule has 0 aliphatic rings. The Morgan fingerprint density at radius 2 is 1.41 bits per heavy atom. The van der Waals surface area contributed by atoms with Gasteiger partial charge in [-0.1, -0.05) is 0 Å². The SMILES string of the molecule is CCC[CH2][Ge]([CH2]CCC)([CH2]COCC)[N](C)C. The fourth-order valence-corrected chi connectivity index (χ4v) is 12.2. The van der Waals surface area contributed by atoms with Crippen LogP contribution in [0.25, 0.3) is 0 Å². The zero-order chi connectivity index (χ0) is 13.1. The quantitative estimate of drug-likeness (QED) is 0.420. The van der Waals surface area contributed by atoms with E-state index in [9.17, 15) is 0 Å². The van der Waals surface area contributed by atoms with Gasteiger partial charge in [-0.05, 0) is 0 Å². The van der Waals surface area contributed by atoms with Crippen molar-refractivity contribution < 1.29 is 4.74 Å². The van der Waals surface area contributed by atoms with Crippen molar-refractivity contribution in [1.29, 1.82) is 0 Å². The van der Waals surface area contributed by atoms with Gasteiger partial charge in [0.1, 0.15) is 0 Å². The number of hydrogen-bond donors (Lipinski definition) is 0. The van der Waals surface area contributed by atoms with Crippen LogP contribution < -0.4 is 0 Å². The monoisotopic (exact) mass is 305 g/mol. The van der Waals surface area contributed by atoms with E-state index in [1.54, 1.807) is 0 Å². The van der Waals surface area contributed by atoms with Gasteiger partial charge >= 0.3 is 112 Å². The van der Waals surface area contributed by atoms with Crippen LogP contribution in [0.1, 0.15) is 46.5 Å². The number of nitrogens with zero attached hydrogens (tertiary/aromatic N) is 1. The van der Waals surface area contributed by atoms with Crippen molar-refractivity contribution in [2.24, 2.45) is 0 Å². The summed E-state index contributed by atoms with van der Waals surface area (Å²) in [5, 5.41) is 4.36. The average molecular weight is 304 g/mol. The molecular formula is C14H33GeNO. The molecule has 0 atom stereocenters. The third-order valence-electron chi connectivity index (χ3n) is 3.86. The van der Waals surface area contributed by atoms with Crippen LogP contribution in [0.3, 0.4) is 0 Å². The van der Waals surface area contributed by atoms with Crippen LogP contribution in [0.4, 0.5) is 0 Å². The normalized spacial score (nSPS) is 12.4. The molecule has 0 rings (SSSR count). The second-order valence-electron chi connectivity index (χ2n) is 5.27. The molecule has 0 fully saturated rings. The molecule has 0 aliphatic heterocycles. The molecule has 0 aromatic heterocycles. The molecule has 0 aromatic carbocycles. The van der Waals surface area contributed by atoms with Crippen molar-refractivity contribution in [2.75, 3.05) is 27.3 Å². The summed E-state index contributed by atoms with van der Waals surface area (Å²) in [5.74, 6) is 0. The van der Waals surface area contributed by atoms with E-state index >= 15 is 0 Å². The standard InChI is InChI=1S/C14H33GeNO/c1-6-9-11-15(16(4)5,12-10-7-2)13-14-17-8-3/h6-14H2,1-5H3. The van der Waals surface area contributed by atoms with Gasteiger partial charge in [0.05, 0.1) is 0 Å². The molecule has 0 amide bonds. The van der Waals surface area contributed by atoms with Crippen LogP contribution in [0.15, 0.2) is 0 Å². The van der Waals surface area contributed by atoms with Crippen LogP contribution in [0, 0.1) is 0 Å². The van der Waals surface area contributed by atoms with Crippen molar-refractivity contribution in [2.45, 2.75) is 62.2 Å². The number of unbranched alkanes of at least 4 members (excludes halogenated alkanes) is 2. The molecule has 3 heteroatoms. The van der Waals surface area contributed by atoms with Crippen LogP contribution in [0.5, 0.6) is 0 Å². The molecule has 17 heavy (non-hydrogen) atoms. The van der Waals surface area contributed by atoms with Crippen LogP contribution in [0.2, 0.25) is 15.8 Å². The number of ether oxygens (including phenoxy) is 1. The Kier molecular flexibility index (Phi) is 10.7. The summed E-state index contributed by atoms with van der Waals surface area (Å²) >= 11 is -1.81. The van der Waals surface area contributed by atoms with Crippen molar-refractivity contribution in [3.05, 3.63) is 0 Å². The van der Waals surface area contributed by atoms with Crippen LogP contribution >= 0.6 is 0 Å². The predicted molar refractivity (Wildman–Crippen MR) is 80.2 cm³/mol. The second-order valence-corrected chi connectivity index (χ2v) is 15.4. The maximum atomic E-state index is 5.62. The van der Waals surface area contributed by atoms with Crippen molar-refractivity contribution in [3.63, 3.8) is 0 Å². The van der Waals surface area contributed by atoms with E-state index in [-0.39, 0.29) is 0 Å². The molecule has 2 nitrogen and oxygen atoms in total. The first-order valence-corrected chi connectivity index (χ1v) is 12.8. The third kappa shape index (κ3) is 6.82.